The SMILES string of the molecule is Cc1cc(C)nc(N2CCC(C(=O)Nc3ccc4cn[nH]c4c3)CC2)n1. The van der Waals surface area contributed by atoms with Crippen molar-refractivity contribution in [3.63, 3.8) is 0 Å². The van der Waals surface area contributed by atoms with Crippen molar-refractivity contribution in [2.24, 2.45) is 5.92 Å². The Kier molecular flexibility index (Phi) is 4.28. The number of fused-ring (bicyclic) bond motifs is 1. The number of amides is 1. The molecular formula is C19H22N6O. The van der Waals surface area contributed by atoms with Crippen molar-refractivity contribution >= 4 is 28.4 Å². The molecule has 3 aromatic rings. The summed E-state index contributed by atoms with van der Waals surface area (Å²) in [5.41, 5.74) is 3.67. The molecule has 1 fully saturated rings. The van der Waals surface area contributed by atoms with E-state index < -0.39 is 0 Å². The lowest BCUT2D eigenvalue weighted by atomic mass is 9.96. The standard InChI is InChI=1S/C19H22N6O/c1-12-9-13(2)22-19(21-12)25-7-5-14(6-8-25)18(26)23-16-4-3-15-11-20-24-17(15)10-16/h3-4,9-11,14H,5-8H2,1-2H3,(H,20,24)(H,23,26). The Bertz CT molecular complexity index is 922. The number of hydrogen-bond donors (Lipinski definition) is 2. The maximum atomic E-state index is 12.6. The number of H-pyrrole nitrogens is 1. The second-order valence-corrected chi connectivity index (χ2v) is 6.87. The monoisotopic (exact) mass is 350 g/mol. The Morgan fingerprint density at radius 2 is 1.88 bits per heavy atom. The first-order chi connectivity index (χ1) is 12.6. The zero-order valence-corrected chi connectivity index (χ0v) is 15.0. The second-order valence-electron chi connectivity index (χ2n) is 6.87. The Morgan fingerprint density at radius 3 is 2.62 bits per heavy atom. The largest absolute Gasteiger partial charge is 0.341 e. The molecule has 0 unspecified atom stereocenters. The minimum atomic E-state index is 0.00891. The number of aromatic nitrogens is 4. The van der Waals surface area contributed by atoms with Crippen LogP contribution in [0.4, 0.5) is 11.6 Å². The van der Waals surface area contributed by atoms with Gasteiger partial charge in [0.2, 0.25) is 11.9 Å². The maximum absolute atomic E-state index is 12.6. The molecule has 0 spiro atoms. The highest BCUT2D eigenvalue weighted by Crippen LogP contribution is 2.23. The summed E-state index contributed by atoms with van der Waals surface area (Å²) in [4.78, 5) is 23.8. The summed E-state index contributed by atoms with van der Waals surface area (Å²) in [7, 11) is 0. The van der Waals surface area contributed by atoms with Gasteiger partial charge >= 0.3 is 0 Å². The van der Waals surface area contributed by atoms with Gasteiger partial charge < -0.3 is 10.2 Å². The number of hydrogen-bond acceptors (Lipinski definition) is 5. The Labute approximate surface area is 151 Å². The quantitative estimate of drug-likeness (QED) is 0.758. The average molecular weight is 350 g/mol. The first-order valence-electron chi connectivity index (χ1n) is 8.90. The van der Waals surface area contributed by atoms with Crippen molar-refractivity contribution in [1.82, 2.24) is 20.2 Å². The van der Waals surface area contributed by atoms with E-state index in [1.54, 1.807) is 6.20 Å². The molecule has 134 valence electrons. The smallest absolute Gasteiger partial charge is 0.227 e. The highest BCUT2D eigenvalue weighted by atomic mass is 16.1. The van der Waals surface area contributed by atoms with E-state index in [0.717, 1.165) is 59.9 Å². The predicted molar refractivity (Wildman–Crippen MR) is 101 cm³/mol. The highest BCUT2D eigenvalue weighted by Gasteiger charge is 2.26. The summed E-state index contributed by atoms with van der Waals surface area (Å²) in [5, 5.41) is 11.0. The van der Waals surface area contributed by atoms with Gasteiger partial charge in [-0.3, -0.25) is 9.89 Å². The van der Waals surface area contributed by atoms with Crippen LogP contribution in [-0.4, -0.2) is 39.2 Å². The second kappa shape index (κ2) is 6.74. The fraction of sp³-hybridized carbons (Fsp3) is 0.368. The van der Waals surface area contributed by atoms with Gasteiger partial charge in [-0.1, -0.05) is 0 Å². The minimum absolute atomic E-state index is 0.00891. The molecule has 1 amide bonds. The van der Waals surface area contributed by atoms with Gasteiger partial charge in [-0.2, -0.15) is 5.10 Å². The van der Waals surface area contributed by atoms with Crippen LogP contribution >= 0.6 is 0 Å². The van der Waals surface area contributed by atoms with Crippen molar-refractivity contribution < 1.29 is 4.79 Å². The third kappa shape index (κ3) is 3.37. The zero-order chi connectivity index (χ0) is 18.1. The van der Waals surface area contributed by atoms with E-state index in [4.69, 9.17) is 0 Å². The lowest BCUT2D eigenvalue weighted by molar-refractivity contribution is -0.120. The van der Waals surface area contributed by atoms with E-state index in [2.05, 4.69) is 30.4 Å². The highest BCUT2D eigenvalue weighted by molar-refractivity contribution is 5.94. The molecule has 0 bridgehead atoms. The van der Waals surface area contributed by atoms with E-state index in [-0.39, 0.29) is 11.8 Å². The number of piperidine rings is 1. The molecule has 0 aliphatic carbocycles. The number of aromatic amines is 1. The van der Waals surface area contributed by atoms with E-state index in [1.165, 1.54) is 0 Å². The van der Waals surface area contributed by atoms with E-state index in [1.807, 2.05) is 38.1 Å². The summed E-state index contributed by atoms with van der Waals surface area (Å²) in [6.07, 6.45) is 3.37. The van der Waals surface area contributed by atoms with Crippen LogP contribution in [0.3, 0.4) is 0 Å². The van der Waals surface area contributed by atoms with Gasteiger partial charge in [-0.25, -0.2) is 9.97 Å². The molecular weight excluding hydrogens is 328 g/mol. The summed E-state index contributed by atoms with van der Waals surface area (Å²) in [5.74, 6) is 0.852. The number of nitrogens with zero attached hydrogens (tertiary/aromatic N) is 4. The number of benzene rings is 1. The number of nitrogens with one attached hydrogen (secondary N) is 2. The van der Waals surface area contributed by atoms with Crippen LogP contribution in [0.15, 0.2) is 30.5 Å². The van der Waals surface area contributed by atoms with Crippen LogP contribution in [-0.2, 0) is 4.79 Å². The lowest BCUT2D eigenvalue weighted by Gasteiger charge is -2.31. The summed E-state index contributed by atoms with van der Waals surface area (Å²) < 4.78 is 0. The molecule has 26 heavy (non-hydrogen) atoms. The third-order valence-electron chi connectivity index (χ3n) is 4.83. The van der Waals surface area contributed by atoms with Crippen molar-refractivity contribution in [1.29, 1.82) is 0 Å². The molecule has 0 atom stereocenters. The summed E-state index contributed by atoms with van der Waals surface area (Å²) in [6, 6.07) is 7.75. The molecule has 0 radical (unpaired) electrons. The fourth-order valence-corrected chi connectivity index (χ4v) is 3.45. The van der Waals surface area contributed by atoms with Crippen LogP contribution in [0.1, 0.15) is 24.2 Å². The predicted octanol–water partition coefficient (Wildman–Crippen LogP) is 2.82. The Balaban J connectivity index is 1.38. The molecule has 2 N–H and O–H groups in total. The van der Waals surface area contributed by atoms with Gasteiger partial charge in [0.1, 0.15) is 0 Å². The summed E-state index contributed by atoms with van der Waals surface area (Å²) in [6.45, 7) is 5.55. The maximum Gasteiger partial charge on any atom is 0.227 e. The molecule has 4 rings (SSSR count). The van der Waals surface area contributed by atoms with E-state index in [0.29, 0.717) is 0 Å². The van der Waals surface area contributed by atoms with Gasteiger partial charge in [0.15, 0.2) is 0 Å². The molecule has 1 aliphatic heterocycles. The average Bonchev–Trinajstić information content (AvgIpc) is 3.09. The van der Waals surface area contributed by atoms with Crippen molar-refractivity contribution in [3.8, 4) is 0 Å². The van der Waals surface area contributed by atoms with E-state index in [9.17, 15) is 4.79 Å². The van der Waals surface area contributed by atoms with Crippen LogP contribution in [0.25, 0.3) is 10.9 Å². The first-order valence-corrected chi connectivity index (χ1v) is 8.90. The number of aryl methyl sites for hydroxylation is 2. The Hall–Kier alpha value is -2.96. The fourth-order valence-electron chi connectivity index (χ4n) is 3.45. The van der Waals surface area contributed by atoms with Gasteiger partial charge in [0, 0.05) is 41.5 Å². The van der Waals surface area contributed by atoms with Crippen LogP contribution < -0.4 is 10.2 Å². The van der Waals surface area contributed by atoms with Crippen LogP contribution in [0, 0.1) is 19.8 Å². The molecule has 2 aromatic heterocycles. The number of anilines is 2. The van der Waals surface area contributed by atoms with Gasteiger partial charge in [-0.15, -0.1) is 0 Å². The van der Waals surface area contributed by atoms with Gasteiger partial charge in [-0.05, 0) is 51.0 Å². The van der Waals surface area contributed by atoms with Crippen LogP contribution in [0.5, 0.6) is 0 Å². The van der Waals surface area contributed by atoms with Crippen molar-refractivity contribution in [2.75, 3.05) is 23.3 Å². The van der Waals surface area contributed by atoms with E-state index >= 15 is 0 Å². The zero-order valence-electron chi connectivity index (χ0n) is 15.0. The molecule has 7 nitrogen and oxygen atoms in total. The topological polar surface area (TPSA) is 86.8 Å². The van der Waals surface area contributed by atoms with Gasteiger partial charge in [0.25, 0.3) is 0 Å². The normalized spacial score (nSPS) is 15.4. The van der Waals surface area contributed by atoms with Crippen LogP contribution in [0.2, 0.25) is 0 Å². The third-order valence-corrected chi connectivity index (χ3v) is 4.83. The Morgan fingerprint density at radius 1 is 1.15 bits per heavy atom. The molecule has 3 heterocycles. The number of carbonyl (C=O) groups is 1. The molecule has 1 aliphatic rings. The minimum Gasteiger partial charge on any atom is -0.341 e. The van der Waals surface area contributed by atoms with Crippen molar-refractivity contribution in [3.05, 3.63) is 41.9 Å². The molecule has 7 heteroatoms. The molecule has 1 aromatic carbocycles. The number of carbonyl (C=O) groups excluding carboxylic acids is 1. The first kappa shape index (κ1) is 16.5. The molecule has 0 saturated carbocycles. The number of rotatable bonds is 3. The molecule has 1 saturated heterocycles. The summed E-state index contributed by atoms with van der Waals surface area (Å²) >= 11 is 0. The van der Waals surface area contributed by atoms with Gasteiger partial charge in [0.05, 0.1) is 11.7 Å². The van der Waals surface area contributed by atoms with Crippen molar-refractivity contribution in [2.45, 2.75) is 26.7 Å². The lowest BCUT2D eigenvalue weighted by Crippen LogP contribution is -2.39.